The predicted octanol–water partition coefficient (Wildman–Crippen LogP) is 3.97. The van der Waals surface area contributed by atoms with Gasteiger partial charge in [-0.1, -0.05) is 17.3 Å². The summed E-state index contributed by atoms with van der Waals surface area (Å²) in [5, 5.41) is 20.7. The van der Waals surface area contributed by atoms with Crippen LogP contribution in [0.15, 0.2) is 60.8 Å². The highest BCUT2D eigenvalue weighted by Crippen LogP contribution is 2.40. The Bertz CT molecular complexity index is 1420. The molecule has 0 bridgehead atoms. The number of amides is 1. The van der Waals surface area contributed by atoms with E-state index in [1.54, 1.807) is 59.4 Å². The zero-order valence-electron chi connectivity index (χ0n) is 21.8. The molecule has 11 nitrogen and oxygen atoms in total. The van der Waals surface area contributed by atoms with Crippen LogP contribution in [0.4, 0.5) is 5.69 Å². The van der Waals surface area contributed by atoms with Crippen LogP contribution >= 0.6 is 11.8 Å². The summed E-state index contributed by atoms with van der Waals surface area (Å²) in [6, 6.07) is 14.6. The van der Waals surface area contributed by atoms with Gasteiger partial charge in [0.15, 0.2) is 11.5 Å². The Balaban J connectivity index is 1.66. The first-order valence-electron chi connectivity index (χ1n) is 11.8. The number of phenols is 1. The van der Waals surface area contributed by atoms with E-state index in [2.05, 4.69) is 20.5 Å². The molecule has 3 N–H and O–H groups in total. The minimum Gasteiger partial charge on any atom is -0.508 e. The van der Waals surface area contributed by atoms with E-state index >= 15 is 0 Å². The fourth-order valence-electron chi connectivity index (χ4n) is 4.05. The van der Waals surface area contributed by atoms with Crippen LogP contribution in [0, 0.1) is 0 Å². The second kappa shape index (κ2) is 12.4. The molecule has 4 rings (SSSR count). The van der Waals surface area contributed by atoms with Crippen molar-refractivity contribution in [1.29, 1.82) is 0 Å². The van der Waals surface area contributed by atoms with E-state index < -0.39 is 6.04 Å². The number of halogens is 1. The van der Waals surface area contributed by atoms with Crippen LogP contribution in [0.5, 0.6) is 28.7 Å². The number of ether oxygens (including phenoxy) is 4. The highest BCUT2D eigenvalue weighted by atomic mass is 35.5. The average molecular weight is 554 g/mol. The van der Waals surface area contributed by atoms with Gasteiger partial charge in [0.25, 0.3) is 0 Å². The Hall–Kier alpha value is -4.48. The lowest BCUT2D eigenvalue weighted by molar-refractivity contribution is -0.117. The van der Waals surface area contributed by atoms with E-state index in [9.17, 15) is 9.90 Å². The van der Waals surface area contributed by atoms with Crippen molar-refractivity contribution >= 4 is 23.4 Å². The molecule has 0 aliphatic rings. The van der Waals surface area contributed by atoms with E-state index in [4.69, 9.17) is 30.7 Å². The van der Waals surface area contributed by atoms with E-state index in [0.29, 0.717) is 52.1 Å². The molecule has 39 heavy (non-hydrogen) atoms. The summed E-state index contributed by atoms with van der Waals surface area (Å²) in [6.07, 6.45) is 1.90. The number of hydrogen-bond donors (Lipinski definition) is 3. The van der Waals surface area contributed by atoms with Crippen LogP contribution < -0.4 is 29.1 Å². The first kappa shape index (κ1) is 27.6. The van der Waals surface area contributed by atoms with E-state index in [0.717, 1.165) is 5.56 Å². The molecule has 3 aromatic carbocycles. The molecule has 0 fully saturated rings. The molecule has 204 valence electrons. The van der Waals surface area contributed by atoms with Crippen LogP contribution in [0.3, 0.4) is 0 Å². The molecule has 1 atom stereocenters. The third-order valence-corrected chi connectivity index (χ3v) is 6.28. The molecule has 1 amide bonds. The summed E-state index contributed by atoms with van der Waals surface area (Å²) in [6.45, 7) is 0. The molecular weight excluding hydrogens is 526 g/mol. The lowest BCUT2D eigenvalue weighted by Gasteiger charge is -2.18. The first-order chi connectivity index (χ1) is 18.9. The van der Waals surface area contributed by atoms with Crippen molar-refractivity contribution in [3.8, 4) is 45.7 Å². The molecule has 0 saturated carbocycles. The second-order valence-electron chi connectivity index (χ2n) is 8.35. The van der Waals surface area contributed by atoms with Crippen LogP contribution in [-0.2, 0) is 11.2 Å². The average Bonchev–Trinajstić information content (AvgIpc) is 3.46. The molecule has 1 unspecified atom stereocenters. The highest BCUT2D eigenvalue weighted by molar-refractivity contribution is 6.15. The fourth-order valence-corrected chi connectivity index (χ4v) is 4.22. The van der Waals surface area contributed by atoms with Gasteiger partial charge in [0, 0.05) is 17.7 Å². The Kier molecular flexibility index (Phi) is 8.74. The van der Waals surface area contributed by atoms with Crippen LogP contribution in [0.25, 0.3) is 16.9 Å². The Morgan fingerprint density at radius 2 is 1.62 bits per heavy atom. The molecule has 4 aromatic rings. The summed E-state index contributed by atoms with van der Waals surface area (Å²) in [7, 11) is 6.11. The van der Waals surface area contributed by atoms with Crippen molar-refractivity contribution < 1.29 is 28.8 Å². The molecule has 1 aromatic heterocycles. The van der Waals surface area contributed by atoms with Crippen LogP contribution in [0.1, 0.15) is 5.56 Å². The maximum Gasteiger partial charge on any atom is 0.243 e. The van der Waals surface area contributed by atoms with Gasteiger partial charge >= 0.3 is 0 Å². The minimum absolute atomic E-state index is 0.139. The highest BCUT2D eigenvalue weighted by Gasteiger charge is 2.21. The van der Waals surface area contributed by atoms with Gasteiger partial charge in [0.05, 0.1) is 51.7 Å². The SMILES string of the molecule is COc1ccc(-c2cnnn2-c2cc(OC)c(OC)c(OC)c2)cc1NC(=O)C(Cc1ccc(O)cc1)NCl. The van der Waals surface area contributed by atoms with E-state index in [-0.39, 0.29) is 11.7 Å². The molecule has 1 heterocycles. The normalized spacial score (nSPS) is 11.5. The lowest BCUT2D eigenvalue weighted by Crippen LogP contribution is -2.37. The number of carbonyl (C=O) groups excluding carboxylic acids is 1. The molecular formula is C27H28ClN5O6. The Morgan fingerprint density at radius 1 is 0.949 bits per heavy atom. The van der Waals surface area contributed by atoms with Crippen molar-refractivity contribution in [2.24, 2.45) is 0 Å². The van der Waals surface area contributed by atoms with Crippen molar-refractivity contribution in [2.45, 2.75) is 12.5 Å². The molecule has 0 saturated heterocycles. The number of nitrogens with zero attached hydrogens (tertiary/aromatic N) is 3. The second-order valence-corrected chi connectivity index (χ2v) is 8.57. The maximum absolute atomic E-state index is 13.1. The molecule has 0 radical (unpaired) electrons. The molecule has 0 aliphatic heterocycles. The summed E-state index contributed by atoms with van der Waals surface area (Å²) in [5.74, 6) is 1.60. The van der Waals surface area contributed by atoms with Gasteiger partial charge in [0.2, 0.25) is 11.7 Å². The molecule has 12 heteroatoms. The zero-order valence-corrected chi connectivity index (χ0v) is 22.5. The first-order valence-corrected chi connectivity index (χ1v) is 12.1. The minimum atomic E-state index is -0.754. The molecule has 0 aliphatic carbocycles. The molecule has 0 spiro atoms. The summed E-state index contributed by atoms with van der Waals surface area (Å²) in [4.78, 5) is 15.7. The Labute approximate surface area is 230 Å². The smallest absolute Gasteiger partial charge is 0.243 e. The number of anilines is 1. The summed E-state index contributed by atoms with van der Waals surface area (Å²) >= 11 is 5.91. The van der Waals surface area contributed by atoms with Crippen molar-refractivity contribution in [3.05, 3.63) is 66.4 Å². The number of aromatic nitrogens is 3. The van der Waals surface area contributed by atoms with Gasteiger partial charge in [-0.05, 0) is 54.1 Å². The number of aromatic hydroxyl groups is 1. The van der Waals surface area contributed by atoms with Gasteiger partial charge in [-0.25, -0.2) is 9.52 Å². The summed E-state index contributed by atoms with van der Waals surface area (Å²) in [5.41, 5.74) is 3.22. The van der Waals surface area contributed by atoms with E-state index in [1.807, 2.05) is 6.07 Å². The van der Waals surface area contributed by atoms with Crippen molar-refractivity contribution in [1.82, 2.24) is 19.8 Å². The third kappa shape index (κ3) is 6.00. The van der Waals surface area contributed by atoms with Crippen LogP contribution in [0.2, 0.25) is 0 Å². The van der Waals surface area contributed by atoms with Crippen LogP contribution in [-0.4, -0.2) is 60.5 Å². The number of methoxy groups -OCH3 is 4. The fraction of sp³-hybridized carbons (Fsp3) is 0.222. The Morgan fingerprint density at radius 3 is 2.21 bits per heavy atom. The lowest BCUT2D eigenvalue weighted by atomic mass is 10.1. The number of carbonyl (C=O) groups is 1. The largest absolute Gasteiger partial charge is 0.508 e. The number of hydrogen-bond acceptors (Lipinski definition) is 9. The maximum atomic E-state index is 13.1. The van der Waals surface area contributed by atoms with Crippen molar-refractivity contribution in [3.63, 3.8) is 0 Å². The number of benzene rings is 3. The monoisotopic (exact) mass is 553 g/mol. The quantitative estimate of drug-likeness (QED) is 0.236. The van der Waals surface area contributed by atoms with E-state index in [1.165, 1.54) is 28.4 Å². The van der Waals surface area contributed by atoms with Gasteiger partial charge in [-0.2, -0.15) is 0 Å². The number of nitrogens with one attached hydrogen (secondary N) is 2. The van der Waals surface area contributed by atoms with Crippen molar-refractivity contribution in [2.75, 3.05) is 33.8 Å². The third-order valence-electron chi connectivity index (χ3n) is 6.02. The number of phenolic OH excluding ortho intramolecular Hbond substituents is 1. The van der Waals surface area contributed by atoms with Gasteiger partial charge in [-0.3, -0.25) is 4.79 Å². The van der Waals surface area contributed by atoms with Gasteiger partial charge in [-0.15, -0.1) is 5.10 Å². The zero-order chi connectivity index (χ0) is 27.9. The summed E-state index contributed by atoms with van der Waals surface area (Å²) < 4.78 is 23.5. The van der Waals surface area contributed by atoms with Gasteiger partial charge < -0.3 is 29.4 Å². The topological polar surface area (TPSA) is 129 Å². The van der Waals surface area contributed by atoms with Gasteiger partial charge in [0.1, 0.15) is 17.5 Å². The number of rotatable bonds is 11. The standard InChI is InChI=1S/C27H28ClN5O6/c1-36-23-10-7-17(12-20(23)30-27(35)21(31-28)11-16-5-8-19(34)9-6-16)22-15-29-32-33(22)18-13-24(37-2)26(39-4)25(14-18)38-3/h5-10,12-15,21,31,34H,11H2,1-4H3,(H,30,35). The predicted molar refractivity (Wildman–Crippen MR) is 146 cm³/mol.